The standard InChI is InChI=1S/C25H22F3NO3/c1-3-32-23(30)16-17-8-14-20(15-9-17)29(2)24(31)22-7-5-4-6-21(22)18-10-12-19(13-11-18)25(26,27)28/h4-15H,3,16H2,1-2H3. The van der Waals surface area contributed by atoms with Crippen LogP contribution in [0.1, 0.15) is 28.4 Å². The molecule has 0 bridgehead atoms. The van der Waals surface area contributed by atoms with Gasteiger partial charge in [-0.25, -0.2) is 0 Å². The summed E-state index contributed by atoms with van der Waals surface area (Å²) in [5.41, 5.74) is 2.05. The number of anilines is 1. The van der Waals surface area contributed by atoms with Crippen LogP contribution >= 0.6 is 0 Å². The first-order valence-electron chi connectivity index (χ1n) is 10.00. The Labute approximate surface area is 184 Å². The number of rotatable bonds is 6. The van der Waals surface area contributed by atoms with Crippen molar-refractivity contribution in [1.29, 1.82) is 0 Å². The van der Waals surface area contributed by atoms with Crippen molar-refractivity contribution in [2.24, 2.45) is 0 Å². The molecule has 7 heteroatoms. The molecule has 0 aliphatic rings. The topological polar surface area (TPSA) is 46.6 Å². The predicted octanol–water partition coefficient (Wildman–Crippen LogP) is 5.75. The molecule has 0 N–H and O–H groups in total. The number of esters is 1. The van der Waals surface area contributed by atoms with Gasteiger partial charge in [0.25, 0.3) is 5.91 Å². The summed E-state index contributed by atoms with van der Waals surface area (Å²) in [4.78, 5) is 26.3. The first kappa shape index (κ1) is 23.1. The molecular formula is C25H22F3NO3. The minimum Gasteiger partial charge on any atom is -0.466 e. The van der Waals surface area contributed by atoms with Crippen molar-refractivity contribution < 1.29 is 27.5 Å². The first-order valence-corrected chi connectivity index (χ1v) is 10.00. The van der Waals surface area contributed by atoms with E-state index >= 15 is 0 Å². The van der Waals surface area contributed by atoms with Crippen LogP contribution in [-0.4, -0.2) is 25.5 Å². The van der Waals surface area contributed by atoms with Crippen LogP contribution in [0.25, 0.3) is 11.1 Å². The number of amides is 1. The van der Waals surface area contributed by atoms with Crippen LogP contribution in [0.5, 0.6) is 0 Å². The van der Waals surface area contributed by atoms with Crippen molar-refractivity contribution in [3.8, 4) is 11.1 Å². The van der Waals surface area contributed by atoms with Gasteiger partial charge in [-0.05, 0) is 53.9 Å². The van der Waals surface area contributed by atoms with Crippen molar-refractivity contribution in [2.45, 2.75) is 19.5 Å². The summed E-state index contributed by atoms with van der Waals surface area (Å²) in [7, 11) is 1.62. The number of hydrogen-bond donors (Lipinski definition) is 0. The fourth-order valence-electron chi connectivity index (χ4n) is 3.27. The molecule has 32 heavy (non-hydrogen) atoms. The lowest BCUT2D eigenvalue weighted by molar-refractivity contribution is -0.142. The maximum atomic E-state index is 13.2. The molecule has 166 valence electrons. The first-order chi connectivity index (χ1) is 15.2. The Morgan fingerprint density at radius 2 is 1.53 bits per heavy atom. The number of hydrogen-bond acceptors (Lipinski definition) is 3. The smallest absolute Gasteiger partial charge is 0.416 e. The minimum atomic E-state index is -4.42. The lowest BCUT2D eigenvalue weighted by atomic mass is 9.97. The number of halogens is 3. The van der Waals surface area contributed by atoms with Crippen molar-refractivity contribution in [3.05, 3.63) is 89.5 Å². The van der Waals surface area contributed by atoms with Gasteiger partial charge >= 0.3 is 12.1 Å². The van der Waals surface area contributed by atoms with E-state index < -0.39 is 11.7 Å². The van der Waals surface area contributed by atoms with Crippen molar-refractivity contribution >= 4 is 17.6 Å². The molecule has 0 aromatic heterocycles. The fourth-order valence-corrected chi connectivity index (χ4v) is 3.27. The number of carbonyl (C=O) groups is 2. The van der Waals surface area contributed by atoms with E-state index in [2.05, 4.69) is 0 Å². The Kier molecular flexibility index (Phi) is 6.98. The monoisotopic (exact) mass is 441 g/mol. The third-order valence-electron chi connectivity index (χ3n) is 4.96. The molecular weight excluding hydrogens is 419 g/mol. The van der Waals surface area contributed by atoms with Crippen LogP contribution < -0.4 is 4.90 Å². The van der Waals surface area contributed by atoms with E-state index in [9.17, 15) is 22.8 Å². The van der Waals surface area contributed by atoms with Crippen LogP contribution in [0.3, 0.4) is 0 Å². The lowest BCUT2D eigenvalue weighted by Gasteiger charge is -2.20. The third-order valence-corrected chi connectivity index (χ3v) is 4.96. The Balaban J connectivity index is 1.83. The van der Waals surface area contributed by atoms with Crippen molar-refractivity contribution in [2.75, 3.05) is 18.6 Å². The fraction of sp³-hybridized carbons (Fsp3) is 0.200. The molecule has 0 saturated carbocycles. The van der Waals surface area contributed by atoms with Crippen molar-refractivity contribution in [1.82, 2.24) is 0 Å². The molecule has 3 aromatic carbocycles. The zero-order valence-corrected chi connectivity index (χ0v) is 17.6. The largest absolute Gasteiger partial charge is 0.466 e. The Bertz CT molecular complexity index is 1090. The number of benzene rings is 3. The molecule has 0 radical (unpaired) electrons. The third kappa shape index (κ3) is 5.35. The van der Waals surface area contributed by atoms with Gasteiger partial charge in [0.1, 0.15) is 0 Å². The van der Waals surface area contributed by atoms with Gasteiger partial charge in [-0.3, -0.25) is 9.59 Å². The van der Waals surface area contributed by atoms with E-state index in [0.29, 0.717) is 29.0 Å². The SMILES string of the molecule is CCOC(=O)Cc1ccc(N(C)C(=O)c2ccccc2-c2ccc(C(F)(F)F)cc2)cc1. The maximum Gasteiger partial charge on any atom is 0.416 e. The Hall–Kier alpha value is -3.61. The van der Waals surface area contributed by atoms with Crippen LogP contribution in [0.15, 0.2) is 72.8 Å². The second kappa shape index (κ2) is 9.68. The number of ether oxygens (including phenoxy) is 1. The van der Waals surface area contributed by atoms with Gasteiger partial charge in [-0.15, -0.1) is 0 Å². The summed E-state index contributed by atoms with van der Waals surface area (Å²) in [6.07, 6.45) is -4.28. The van der Waals surface area contributed by atoms with E-state index in [1.807, 2.05) is 0 Å². The Morgan fingerprint density at radius 3 is 2.12 bits per heavy atom. The second-order valence-corrected chi connectivity index (χ2v) is 7.13. The molecule has 0 aliphatic carbocycles. The van der Waals surface area contributed by atoms with Crippen LogP contribution in [-0.2, 0) is 22.1 Å². The van der Waals surface area contributed by atoms with Crippen LogP contribution in [0.2, 0.25) is 0 Å². The highest BCUT2D eigenvalue weighted by Gasteiger charge is 2.30. The number of nitrogens with zero attached hydrogens (tertiary/aromatic N) is 1. The summed E-state index contributed by atoms with van der Waals surface area (Å²) < 4.78 is 43.6. The van der Waals surface area contributed by atoms with Gasteiger partial charge < -0.3 is 9.64 Å². The molecule has 1 amide bonds. The molecule has 0 spiro atoms. The summed E-state index contributed by atoms with van der Waals surface area (Å²) >= 11 is 0. The van der Waals surface area contributed by atoms with Crippen LogP contribution in [0, 0.1) is 0 Å². The molecule has 4 nitrogen and oxygen atoms in total. The van der Waals surface area contributed by atoms with Gasteiger partial charge in [-0.2, -0.15) is 13.2 Å². The van der Waals surface area contributed by atoms with Gasteiger partial charge in [0.2, 0.25) is 0 Å². The zero-order valence-electron chi connectivity index (χ0n) is 17.6. The summed E-state index contributed by atoms with van der Waals surface area (Å²) in [5.74, 6) is -0.631. The van der Waals surface area contributed by atoms with E-state index in [4.69, 9.17) is 4.74 Å². The molecule has 0 fully saturated rings. The van der Waals surface area contributed by atoms with E-state index in [1.165, 1.54) is 17.0 Å². The summed E-state index contributed by atoms with van der Waals surface area (Å²) in [6, 6.07) is 18.5. The normalized spacial score (nSPS) is 11.2. The van der Waals surface area contributed by atoms with Crippen molar-refractivity contribution in [3.63, 3.8) is 0 Å². The summed E-state index contributed by atoms with van der Waals surface area (Å²) in [6.45, 7) is 2.05. The lowest BCUT2D eigenvalue weighted by Crippen LogP contribution is -2.26. The molecule has 0 heterocycles. The van der Waals surface area contributed by atoms with Gasteiger partial charge in [-0.1, -0.05) is 42.5 Å². The highest BCUT2D eigenvalue weighted by molar-refractivity contribution is 6.09. The average Bonchev–Trinajstić information content (AvgIpc) is 2.78. The molecule has 0 unspecified atom stereocenters. The predicted molar refractivity (Wildman–Crippen MR) is 116 cm³/mol. The quantitative estimate of drug-likeness (QED) is 0.458. The average molecular weight is 441 g/mol. The zero-order chi connectivity index (χ0) is 23.3. The molecule has 0 saturated heterocycles. The van der Waals surface area contributed by atoms with Gasteiger partial charge in [0.05, 0.1) is 18.6 Å². The van der Waals surface area contributed by atoms with E-state index in [-0.39, 0.29) is 18.3 Å². The second-order valence-electron chi connectivity index (χ2n) is 7.13. The maximum absolute atomic E-state index is 13.2. The number of carbonyl (C=O) groups excluding carboxylic acids is 2. The molecule has 0 aliphatic heterocycles. The van der Waals surface area contributed by atoms with E-state index in [1.54, 1.807) is 62.5 Å². The highest BCUT2D eigenvalue weighted by Crippen LogP contribution is 2.32. The molecule has 0 atom stereocenters. The van der Waals surface area contributed by atoms with E-state index in [0.717, 1.165) is 17.7 Å². The van der Waals surface area contributed by atoms with Gasteiger partial charge in [0, 0.05) is 18.3 Å². The molecule has 3 aromatic rings. The van der Waals surface area contributed by atoms with Gasteiger partial charge in [0.15, 0.2) is 0 Å². The Morgan fingerprint density at radius 1 is 0.906 bits per heavy atom. The molecule has 3 rings (SSSR count). The number of alkyl halides is 3. The minimum absolute atomic E-state index is 0.141. The van der Waals surface area contributed by atoms with Crippen LogP contribution in [0.4, 0.5) is 18.9 Å². The highest BCUT2D eigenvalue weighted by atomic mass is 19.4. The summed E-state index contributed by atoms with van der Waals surface area (Å²) in [5, 5.41) is 0.